The summed E-state index contributed by atoms with van der Waals surface area (Å²) in [6.45, 7) is 6.46. The number of nitrogens with zero attached hydrogens (tertiary/aromatic N) is 2. The standard InChI is InChI=1S/C15H17N3/c1-15(2,3)18-10-11(8-17-18)13-9-16-14-7-5-4-6-12(13)14/h4-10,16H,1-3H3. The van der Waals surface area contributed by atoms with Crippen LogP contribution in [0.3, 0.4) is 0 Å². The first kappa shape index (κ1) is 11.1. The molecular formula is C15H17N3. The lowest BCUT2D eigenvalue weighted by Gasteiger charge is -2.18. The zero-order valence-corrected chi connectivity index (χ0v) is 10.9. The highest BCUT2D eigenvalue weighted by Crippen LogP contribution is 2.29. The highest BCUT2D eigenvalue weighted by atomic mass is 15.3. The van der Waals surface area contributed by atoms with E-state index in [0.29, 0.717) is 0 Å². The number of hydrogen-bond acceptors (Lipinski definition) is 1. The number of aromatic amines is 1. The Morgan fingerprint density at radius 2 is 1.94 bits per heavy atom. The van der Waals surface area contributed by atoms with Gasteiger partial charge < -0.3 is 4.98 Å². The minimum absolute atomic E-state index is 0.0182. The second-order valence-electron chi connectivity index (χ2n) is 5.59. The lowest BCUT2D eigenvalue weighted by Crippen LogP contribution is -2.21. The molecule has 3 heteroatoms. The molecule has 0 spiro atoms. The molecular weight excluding hydrogens is 222 g/mol. The molecule has 0 unspecified atom stereocenters. The van der Waals surface area contributed by atoms with Gasteiger partial charge in [-0.05, 0) is 26.8 Å². The van der Waals surface area contributed by atoms with Gasteiger partial charge in [0, 0.05) is 34.4 Å². The third-order valence-corrected chi connectivity index (χ3v) is 3.17. The maximum atomic E-state index is 4.45. The minimum Gasteiger partial charge on any atom is -0.361 e. The molecule has 1 aromatic carbocycles. The van der Waals surface area contributed by atoms with Gasteiger partial charge in [0.25, 0.3) is 0 Å². The Hall–Kier alpha value is -2.03. The highest BCUT2D eigenvalue weighted by molar-refractivity contribution is 5.95. The molecule has 18 heavy (non-hydrogen) atoms. The summed E-state index contributed by atoms with van der Waals surface area (Å²) in [5.41, 5.74) is 3.55. The third kappa shape index (κ3) is 1.72. The zero-order chi connectivity index (χ0) is 12.8. The number of benzene rings is 1. The van der Waals surface area contributed by atoms with E-state index in [1.54, 1.807) is 0 Å². The molecule has 0 aliphatic heterocycles. The minimum atomic E-state index is 0.0182. The molecule has 0 aliphatic rings. The van der Waals surface area contributed by atoms with Crippen LogP contribution in [-0.2, 0) is 5.54 Å². The van der Waals surface area contributed by atoms with Gasteiger partial charge >= 0.3 is 0 Å². The lowest BCUT2D eigenvalue weighted by atomic mass is 10.1. The van der Waals surface area contributed by atoms with Crippen LogP contribution >= 0.6 is 0 Å². The number of H-pyrrole nitrogens is 1. The molecule has 92 valence electrons. The number of hydrogen-bond donors (Lipinski definition) is 1. The summed E-state index contributed by atoms with van der Waals surface area (Å²) in [6.07, 6.45) is 6.09. The Kier molecular flexibility index (Phi) is 2.30. The Balaban J connectivity index is 2.13. The number of rotatable bonds is 1. The topological polar surface area (TPSA) is 33.6 Å². The van der Waals surface area contributed by atoms with Crippen molar-refractivity contribution >= 4 is 10.9 Å². The molecule has 0 radical (unpaired) electrons. The molecule has 3 rings (SSSR count). The van der Waals surface area contributed by atoms with Crippen LogP contribution in [0.2, 0.25) is 0 Å². The van der Waals surface area contributed by atoms with E-state index in [1.807, 2.05) is 16.9 Å². The first-order valence-electron chi connectivity index (χ1n) is 6.17. The smallest absolute Gasteiger partial charge is 0.0569 e. The van der Waals surface area contributed by atoms with Gasteiger partial charge in [0.2, 0.25) is 0 Å². The van der Waals surface area contributed by atoms with Gasteiger partial charge in [0.05, 0.1) is 11.7 Å². The van der Waals surface area contributed by atoms with Gasteiger partial charge in [0.1, 0.15) is 0 Å². The fraction of sp³-hybridized carbons (Fsp3) is 0.267. The van der Waals surface area contributed by atoms with Gasteiger partial charge in [-0.2, -0.15) is 5.10 Å². The van der Waals surface area contributed by atoms with Crippen molar-refractivity contribution in [2.75, 3.05) is 0 Å². The van der Waals surface area contributed by atoms with Crippen molar-refractivity contribution in [1.82, 2.24) is 14.8 Å². The normalized spacial score (nSPS) is 12.2. The first-order chi connectivity index (χ1) is 8.55. The maximum Gasteiger partial charge on any atom is 0.0569 e. The summed E-state index contributed by atoms with van der Waals surface area (Å²) >= 11 is 0. The van der Waals surface area contributed by atoms with Crippen molar-refractivity contribution in [2.45, 2.75) is 26.3 Å². The van der Waals surface area contributed by atoms with Crippen molar-refractivity contribution in [3.05, 3.63) is 42.9 Å². The lowest BCUT2D eigenvalue weighted by molar-refractivity contribution is 0.355. The fourth-order valence-electron chi connectivity index (χ4n) is 2.14. The van der Waals surface area contributed by atoms with Crippen molar-refractivity contribution in [1.29, 1.82) is 0 Å². The molecule has 3 nitrogen and oxygen atoms in total. The average Bonchev–Trinajstić information content (AvgIpc) is 2.94. The van der Waals surface area contributed by atoms with E-state index >= 15 is 0 Å². The maximum absolute atomic E-state index is 4.45. The van der Waals surface area contributed by atoms with Crippen LogP contribution < -0.4 is 0 Å². The highest BCUT2D eigenvalue weighted by Gasteiger charge is 2.15. The van der Waals surface area contributed by atoms with Crippen LogP contribution in [-0.4, -0.2) is 14.8 Å². The van der Waals surface area contributed by atoms with E-state index in [2.05, 4.69) is 61.4 Å². The van der Waals surface area contributed by atoms with Crippen LogP contribution in [0.25, 0.3) is 22.0 Å². The second-order valence-corrected chi connectivity index (χ2v) is 5.59. The number of aromatic nitrogens is 3. The molecule has 0 amide bonds. The van der Waals surface area contributed by atoms with E-state index in [9.17, 15) is 0 Å². The molecule has 0 fully saturated rings. The molecule has 2 heterocycles. The number of para-hydroxylation sites is 1. The Morgan fingerprint density at radius 1 is 1.17 bits per heavy atom. The summed E-state index contributed by atoms with van der Waals surface area (Å²) in [5.74, 6) is 0. The summed E-state index contributed by atoms with van der Waals surface area (Å²) < 4.78 is 2.00. The fourth-order valence-corrected chi connectivity index (χ4v) is 2.14. The summed E-state index contributed by atoms with van der Waals surface area (Å²) in [6, 6.07) is 8.33. The molecule has 2 aromatic heterocycles. The van der Waals surface area contributed by atoms with E-state index in [-0.39, 0.29) is 5.54 Å². The van der Waals surface area contributed by atoms with Gasteiger partial charge in [-0.15, -0.1) is 0 Å². The average molecular weight is 239 g/mol. The molecule has 0 bridgehead atoms. The predicted molar refractivity (Wildman–Crippen MR) is 74.5 cm³/mol. The van der Waals surface area contributed by atoms with Crippen molar-refractivity contribution in [3.63, 3.8) is 0 Å². The monoisotopic (exact) mass is 239 g/mol. The van der Waals surface area contributed by atoms with Gasteiger partial charge in [-0.3, -0.25) is 4.68 Å². The first-order valence-corrected chi connectivity index (χ1v) is 6.17. The van der Waals surface area contributed by atoms with E-state index < -0.39 is 0 Å². The number of nitrogens with one attached hydrogen (secondary N) is 1. The molecule has 0 atom stereocenters. The number of fused-ring (bicyclic) bond motifs is 1. The van der Waals surface area contributed by atoms with Crippen LogP contribution in [0.5, 0.6) is 0 Å². The zero-order valence-electron chi connectivity index (χ0n) is 10.9. The molecule has 0 saturated heterocycles. The summed E-state index contributed by atoms with van der Waals surface area (Å²) in [4.78, 5) is 3.30. The van der Waals surface area contributed by atoms with Crippen molar-refractivity contribution in [3.8, 4) is 11.1 Å². The predicted octanol–water partition coefficient (Wildman–Crippen LogP) is 3.79. The summed E-state index contributed by atoms with van der Waals surface area (Å²) in [7, 11) is 0. The SMILES string of the molecule is CC(C)(C)n1cc(-c2c[nH]c3ccccc23)cn1. The largest absolute Gasteiger partial charge is 0.361 e. The van der Waals surface area contributed by atoms with Crippen LogP contribution in [0.4, 0.5) is 0 Å². The van der Waals surface area contributed by atoms with Crippen LogP contribution in [0, 0.1) is 0 Å². The quantitative estimate of drug-likeness (QED) is 0.688. The van der Waals surface area contributed by atoms with Crippen molar-refractivity contribution in [2.24, 2.45) is 0 Å². The van der Waals surface area contributed by atoms with Gasteiger partial charge in [0.15, 0.2) is 0 Å². The molecule has 1 N–H and O–H groups in total. The molecule has 3 aromatic rings. The Morgan fingerprint density at radius 3 is 2.67 bits per heavy atom. The van der Waals surface area contributed by atoms with Crippen molar-refractivity contribution < 1.29 is 0 Å². The second kappa shape index (κ2) is 3.73. The Bertz CT molecular complexity index is 683. The van der Waals surface area contributed by atoms with E-state index in [0.717, 1.165) is 11.1 Å². The van der Waals surface area contributed by atoms with Crippen LogP contribution in [0.1, 0.15) is 20.8 Å². The van der Waals surface area contributed by atoms with Gasteiger partial charge in [-0.1, -0.05) is 18.2 Å². The van der Waals surface area contributed by atoms with Crippen LogP contribution in [0.15, 0.2) is 42.9 Å². The summed E-state index contributed by atoms with van der Waals surface area (Å²) in [5, 5.41) is 5.69. The molecule has 0 aliphatic carbocycles. The Labute approximate surface area is 106 Å². The van der Waals surface area contributed by atoms with E-state index in [4.69, 9.17) is 0 Å². The van der Waals surface area contributed by atoms with Gasteiger partial charge in [-0.25, -0.2) is 0 Å². The third-order valence-electron chi connectivity index (χ3n) is 3.17. The van der Waals surface area contributed by atoms with E-state index in [1.165, 1.54) is 10.9 Å². The molecule has 0 saturated carbocycles.